The third kappa shape index (κ3) is 4.53. The van der Waals surface area contributed by atoms with E-state index in [1.165, 1.54) is 6.07 Å². The van der Waals surface area contributed by atoms with Gasteiger partial charge in [0.25, 0.3) is 0 Å². The van der Waals surface area contributed by atoms with Crippen LogP contribution in [-0.4, -0.2) is 45.4 Å². The van der Waals surface area contributed by atoms with E-state index < -0.39 is 11.7 Å². The summed E-state index contributed by atoms with van der Waals surface area (Å²) in [5, 5.41) is 3.53. The summed E-state index contributed by atoms with van der Waals surface area (Å²) in [6.45, 7) is 7.78. The minimum Gasteiger partial charge on any atom is -0.357 e. The molecule has 0 amide bonds. The molecule has 0 saturated carbocycles. The maximum atomic E-state index is 13.0. The fourth-order valence-electron chi connectivity index (χ4n) is 3.91. The standard InChI is InChI=1S/C21H24F3N5/c1-15(29-8-5-19(14-29)26-12-18-4-2-3-7-25-18)28-9-6-20-16(13-28)10-17(11-27-20)21(22,23)24/h2-4,7,10-11,19,26H,1,5-6,8-9,12-14H2. The second kappa shape index (κ2) is 8.02. The summed E-state index contributed by atoms with van der Waals surface area (Å²) in [6, 6.07) is 7.43. The summed E-state index contributed by atoms with van der Waals surface area (Å²) in [6.07, 6.45) is -0.0325. The number of rotatable bonds is 5. The second-order valence-electron chi connectivity index (χ2n) is 7.55. The zero-order valence-corrected chi connectivity index (χ0v) is 16.1. The molecular formula is C21H24F3N5. The highest BCUT2D eigenvalue weighted by Gasteiger charge is 2.33. The van der Waals surface area contributed by atoms with Gasteiger partial charge in [0, 0.05) is 63.3 Å². The number of likely N-dealkylation sites (tertiary alicyclic amines) is 1. The van der Waals surface area contributed by atoms with Gasteiger partial charge >= 0.3 is 6.18 Å². The van der Waals surface area contributed by atoms with Gasteiger partial charge in [-0.15, -0.1) is 0 Å². The van der Waals surface area contributed by atoms with E-state index in [-0.39, 0.29) is 0 Å². The minimum absolute atomic E-state index is 0.337. The van der Waals surface area contributed by atoms with E-state index in [0.29, 0.717) is 31.1 Å². The summed E-state index contributed by atoms with van der Waals surface area (Å²) < 4.78 is 39.0. The van der Waals surface area contributed by atoms with Crippen LogP contribution >= 0.6 is 0 Å². The fourth-order valence-corrected chi connectivity index (χ4v) is 3.91. The molecule has 0 radical (unpaired) electrons. The Morgan fingerprint density at radius 1 is 1.21 bits per heavy atom. The molecule has 1 unspecified atom stereocenters. The van der Waals surface area contributed by atoms with Gasteiger partial charge in [0.15, 0.2) is 0 Å². The van der Waals surface area contributed by atoms with Crippen molar-refractivity contribution in [1.29, 1.82) is 0 Å². The van der Waals surface area contributed by atoms with Crippen molar-refractivity contribution in [1.82, 2.24) is 25.1 Å². The molecule has 29 heavy (non-hydrogen) atoms. The third-order valence-electron chi connectivity index (χ3n) is 5.58. The molecule has 2 aliphatic heterocycles. The normalized spacial score (nSPS) is 19.3. The van der Waals surface area contributed by atoms with Gasteiger partial charge < -0.3 is 15.1 Å². The molecule has 1 atom stereocenters. The molecule has 0 aliphatic carbocycles. The Bertz CT molecular complexity index is 868. The van der Waals surface area contributed by atoms with Crippen molar-refractivity contribution in [3.05, 3.63) is 71.6 Å². The van der Waals surface area contributed by atoms with Crippen LogP contribution in [0.2, 0.25) is 0 Å². The first-order valence-corrected chi connectivity index (χ1v) is 9.77. The molecule has 4 rings (SSSR count). The van der Waals surface area contributed by atoms with Crippen LogP contribution in [-0.2, 0) is 25.7 Å². The molecule has 2 aliphatic rings. The van der Waals surface area contributed by atoms with Crippen LogP contribution in [0.25, 0.3) is 0 Å². The van der Waals surface area contributed by atoms with E-state index in [2.05, 4.69) is 31.7 Å². The van der Waals surface area contributed by atoms with Gasteiger partial charge in [-0.25, -0.2) is 0 Å². The molecule has 154 valence electrons. The average molecular weight is 403 g/mol. The molecule has 1 fully saturated rings. The van der Waals surface area contributed by atoms with Gasteiger partial charge in [0.1, 0.15) is 0 Å². The SMILES string of the molecule is C=C(N1CCc2ncc(C(F)(F)F)cc2C1)N1CCC(NCc2ccccn2)C1. The van der Waals surface area contributed by atoms with Crippen LogP contribution in [0.1, 0.15) is 28.9 Å². The molecule has 1 saturated heterocycles. The topological polar surface area (TPSA) is 44.3 Å². The number of pyridine rings is 2. The van der Waals surface area contributed by atoms with Crippen LogP contribution in [0.3, 0.4) is 0 Å². The molecule has 5 nitrogen and oxygen atoms in total. The summed E-state index contributed by atoms with van der Waals surface area (Å²) in [5.41, 5.74) is 1.70. The number of aromatic nitrogens is 2. The lowest BCUT2D eigenvalue weighted by atomic mass is 10.0. The first kappa shape index (κ1) is 19.7. The molecule has 1 N–H and O–H groups in total. The molecule has 0 bridgehead atoms. The van der Waals surface area contributed by atoms with E-state index in [1.807, 2.05) is 18.2 Å². The predicted octanol–water partition coefficient (Wildman–Crippen LogP) is 3.19. The van der Waals surface area contributed by atoms with Gasteiger partial charge in [-0.3, -0.25) is 9.97 Å². The quantitative estimate of drug-likeness (QED) is 0.831. The minimum atomic E-state index is -4.37. The number of hydrogen-bond acceptors (Lipinski definition) is 5. The van der Waals surface area contributed by atoms with Gasteiger partial charge in [0.05, 0.1) is 17.1 Å². The van der Waals surface area contributed by atoms with Crippen molar-refractivity contribution in [2.45, 2.75) is 38.1 Å². The number of hydrogen-bond donors (Lipinski definition) is 1. The van der Waals surface area contributed by atoms with Crippen LogP contribution in [0, 0.1) is 0 Å². The number of nitrogens with zero attached hydrogens (tertiary/aromatic N) is 4. The molecule has 8 heteroatoms. The summed E-state index contributed by atoms with van der Waals surface area (Å²) >= 11 is 0. The fraction of sp³-hybridized carbons (Fsp3) is 0.429. The lowest BCUT2D eigenvalue weighted by Gasteiger charge is -2.36. The number of halogens is 3. The number of fused-ring (bicyclic) bond motifs is 1. The maximum Gasteiger partial charge on any atom is 0.417 e. The highest BCUT2D eigenvalue weighted by molar-refractivity contribution is 5.29. The third-order valence-corrected chi connectivity index (χ3v) is 5.58. The van der Waals surface area contributed by atoms with Gasteiger partial charge in [0.2, 0.25) is 0 Å². The lowest BCUT2D eigenvalue weighted by molar-refractivity contribution is -0.137. The Labute approximate surface area is 168 Å². The van der Waals surface area contributed by atoms with E-state index in [9.17, 15) is 13.2 Å². The molecule has 0 spiro atoms. The molecule has 2 aromatic heterocycles. The van der Waals surface area contributed by atoms with E-state index in [0.717, 1.165) is 49.5 Å². The Hall–Kier alpha value is -2.61. The Balaban J connectivity index is 1.35. The van der Waals surface area contributed by atoms with Crippen molar-refractivity contribution < 1.29 is 13.2 Å². The van der Waals surface area contributed by atoms with E-state index in [1.54, 1.807) is 6.20 Å². The van der Waals surface area contributed by atoms with Crippen LogP contribution in [0.15, 0.2) is 49.1 Å². The zero-order valence-electron chi connectivity index (χ0n) is 16.1. The monoisotopic (exact) mass is 403 g/mol. The van der Waals surface area contributed by atoms with Gasteiger partial charge in [-0.1, -0.05) is 12.6 Å². The van der Waals surface area contributed by atoms with E-state index >= 15 is 0 Å². The van der Waals surface area contributed by atoms with Crippen LogP contribution in [0.5, 0.6) is 0 Å². The highest BCUT2D eigenvalue weighted by atomic mass is 19.4. The van der Waals surface area contributed by atoms with Crippen LogP contribution < -0.4 is 5.32 Å². The van der Waals surface area contributed by atoms with Crippen molar-refractivity contribution in [3.63, 3.8) is 0 Å². The lowest BCUT2D eigenvalue weighted by Crippen LogP contribution is -2.39. The predicted molar refractivity (Wildman–Crippen MR) is 104 cm³/mol. The Morgan fingerprint density at radius 2 is 2.07 bits per heavy atom. The van der Waals surface area contributed by atoms with Crippen molar-refractivity contribution >= 4 is 0 Å². The zero-order chi connectivity index (χ0) is 20.4. The van der Waals surface area contributed by atoms with E-state index in [4.69, 9.17) is 0 Å². The molecular weight excluding hydrogens is 379 g/mol. The Kier molecular flexibility index (Phi) is 5.45. The summed E-state index contributed by atoms with van der Waals surface area (Å²) in [5.74, 6) is 0.871. The first-order chi connectivity index (χ1) is 13.9. The van der Waals surface area contributed by atoms with Gasteiger partial charge in [-0.2, -0.15) is 13.2 Å². The molecule has 2 aromatic rings. The maximum absolute atomic E-state index is 13.0. The summed E-state index contributed by atoms with van der Waals surface area (Å²) in [7, 11) is 0. The highest BCUT2D eigenvalue weighted by Crippen LogP contribution is 2.32. The number of nitrogens with one attached hydrogen (secondary N) is 1. The largest absolute Gasteiger partial charge is 0.417 e. The van der Waals surface area contributed by atoms with Crippen molar-refractivity contribution in [2.24, 2.45) is 0 Å². The average Bonchev–Trinajstić information content (AvgIpc) is 3.20. The summed E-state index contributed by atoms with van der Waals surface area (Å²) in [4.78, 5) is 12.6. The Morgan fingerprint density at radius 3 is 2.83 bits per heavy atom. The number of alkyl halides is 3. The smallest absolute Gasteiger partial charge is 0.357 e. The van der Waals surface area contributed by atoms with Crippen LogP contribution in [0.4, 0.5) is 13.2 Å². The first-order valence-electron chi connectivity index (χ1n) is 9.77. The van der Waals surface area contributed by atoms with Gasteiger partial charge in [-0.05, 0) is 30.2 Å². The van der Waals surface area contributed by atoms with Crippen molar-refractivity contribution in [2.75, 3.05) is 19.6 Å². The second-order valence-corrected chi connectivity index (χ2v) is 7.55. The molecule has 0 aromatic carbocycles. The van der Waals surface area contributed by atoms with Crippen molar-refractivity contribution in [3.8, 4) is 0 Å². The molecule has 4 heterocycles.